The number of benzene rings is 3. The highest BCUT2D eigenvalue weighted by molar-refractivity contribution is 6.30. The molecule has 0 atom stereocenters. The summed E-state index contributed by atoms with van der Waals surface area (Å²) < 4.78 is 10.7. The minimum Gasteiger partial charge on any atom is -0.457 e. The fourth-order valence-electron chi connectivity index (χ4n) is 3.01. The van der Waals surface area contributed by atoms with E-state index >= 15 is 0 Å². The number of carbonyl (C=O) groups excluding carboxylic acids is 4. The molecule has 192 valence electrons. The van der Waals surface area contributed by atoms with Crippen LogP contribution in [0.15, 0.2) is 66.7 Å². The first-order chi connectivity index (χ1) is 17.7. The largest absolute Gasteiger partial charge is 0.457 e. The van der Waals surface area contributed by atoms with Gasteiger partial charge < -0.3 is 14.8 Å². The number of halogens is 1. The highest BCUT2D eigenvalue weighted by Gasteiger charge is 2.12. The van der Waals surface area contributed by atoms with Crippen molar-refractivity contribution >= 4 is 41.0 Å². The van der Waals surface area contributed by atoms with E-state index in [4.69, 9.17) is 21.1 Å². The first-order valence-electron chi connectivity index (χ1n) is 11.3. The molecule has 0 bridgehead atoms. The zero-order chi connectivity index (χ0) is 26.8. The summed E-state index contributed by atoms with van der Waals surface area (Å²) in [6.07, 6.45) is -0.348. The van der Waals surface area contributed by atoms with Gasteiger partial charge in [0.15, 0.2) is 6.61 Å². The third-order valence-electron chi connectivity index (χ3n) is 5.19. The third-order valence-corrected chi connectivity index (χ3v) is 5.45. The first-order valence-corrected chi connectivity index (χ1v) is 11.7. The molecule has 0 spiro atoms. The van der Waals surface area contributed by atoms with E-state index in [0.29, 0.717) is 16.5 Å². The predicted octanol–water partition coefficient (Wildman–Crippen LogP) is 4.47. The van der Waals surface area contributed by atoms with Crippen molar-refractivity contribution in [1.29, 1.82) is 0 Å². The van der Waals surface area contributed by atoms with Crippen LogP contribution in [0.2, 0.25) is 5.02 Å². The Kier molecular flexibility index (Phi) is 9.62. The van der Waals surface area contributed by atoms with Crippen LogP contribution in [0.4, 0.5) is 5.69 Å². The van der Waals surface area contributed by atoms with Gasteiger partial charge in [-0.3, -0.25) is 30.0 Å². The first kappa shape index (κ1) is 27.2. The number of carbonyl (C=O) groups is 4. The molecule has 0 heterocycles. The number of nitrogens with one attached hydrogen (secondary N) is 3. The normalized spacial score (nSPS) is 10.2. The second kappa shape index (κ2) is 13.1. The summed E-state index contributed by atoms with van der Waals surface area (Å²) in [6.45, 7) is 3.43. The molecule has 3 aromatic carbocycles. The van der Waals surface area contributed by atoms with E-state index in [2.05, 4.69) is 16.2 Å². The van der Waals surface area contributed by atoms with Crippen LogP contribution < -0.4 is 20.9 Å². The molecule has 0 aromatic heterocycles. The summed E-state index contributed by atoms with van der Waals surface area (Å²) >= 11 is 5.76. The Bertz CT molecular complexity index is 1280. The zero-order valence-corrected chi connectivity index (χ0v) is 21.1. The van der Waals surface area contributed by atoms with Crippen LogP contribution in [0.1, 0.15) is 34.3 Å². The topological polar surface area (TPSA) is 123 Å². The molecule has 0 aliphatic rings. The molecule has 0 saturated carbocycles. The standard InChI is InChI=1S/C27H26ClN3O6/c1-17-3-10-23(15-18(17)2)37-22-11-8-21(9-12-22)29-24(32)13-14-26(34)36-16-25(33)30-31-27(35)19-4-6-20(28)7-5-19/h3-12,15H,13-14,16H2,1-2H3,(H,29,32)(H,30,33)(H,31,35). The number of aryl methyl sites for hydroxylation is 2. The van der Waals surface area contributed by atoms with Crippen molar-refractivity contribution in [2.24, 2.45) is 0 Å². The molecular weight excluding hydrogens is 498 g/mol. The van der Waals surface area contributed by atoms with Crippen molar-refractivity contribution in [2.75, 3.05) is 11.9 Å². The average molecular weight is 524 g/mol. The van der Waals surface area contributed by atoms with E-state index in [1.807, 2.05) is 32.0 Å². The Hall–Kier alpha value is -4.37. The van der Waals surface area contributed by atoms with Gasteiger partial charge in [0, 0.05) is 22.7 Å². The molecule has 3 rings (SSSR count). The lowest BCUT2D eigenvalue weighted by molar-refractivity contribution is -0.149. The van der Waals surface area contributed by atoms with E-state index < -0.39 is 24.4 Å². The zero-order valence-electron chi connectivity index (χ0n) is 20.3. The van der Waals surface area contributed by atoms with E-state index in [0.717, 1.165) is 11.3 Å². The van der Waals surface area contributed by atoms with Crippen LogP contribution in [-0.4, -0.2) is 30.3 Å². The molecule has 3 N–H and O–H groups in total. The number of hydrazine groups is 1. The molecule has 0 aliphatic carbocycles. The lowest BCUT2D eigenvalue weighted by atomic mass is 10.1. The van der Waals surface area contributed by atoms with Gasteiger partial charge in [-0.05, 0) is 85.6 Å². The Morgan fingerprint density at radius 2 is 1.43 bits per heavy atom. The smallest absolute Gasteiger partial charge is 0.306 e. The number of ether oxygens (including phenoxy) is 2. The third kappa shape index (κ3) is 8.97. The van der Waals surface area contributed by atoms with Crippen molar-refractivity contribution < 1.29 is 28.7 Å². The maximum atomic E-state index is 12.1. The summed E-state index contributed by atoms with van der Waals surface area (Å²) in [5.74, 6) is -1.07. The van der Waals surface area contributed by atoms with Crippen LogP contribution >= 0.6 is 11.6 Å². The van der Waals surface area contributed by atoms with Gasteiger partial charge in [-0.15, -0.1) is 0 Å². The molecule has 9 nitrogen and oxygen atoms in total. The fourth-order valence-corrected chi connectivity index (χ4v) is 3.14. The molecule has 0 aliphatic heterocycles. The Morgan fingerprint density at radius 3 is 2.11 bits per heavy atom. The Balaban J connectivity index is 1.33. The van der Waals surface area contributed by atoms with Gasteiger partial charge in [0.25, 0.3) is 11.8 Å². The fraction of sp³-hybridized carbons (Fsp3) is 0.185. The number of hydrogen-bond donors (Lipinski definition) is 3. The lowest BCUT2D eigenvalue weighted by Crippen LogP contribution is -2.43. The number of esters is 1. The van der Waals surface area contributed by atoms with Crippen LogP contribution in [0.25, 0.3) is 0 Å². The minimum absolute atomic E-state index is 0.130. The Labute approximate surface area is 219 Å². The summed E-state index contributed by atoms with van der Waals surface area (Å²) in [5, 5.41) is 3.15. The van der Waals surface area contributed by atoms with E-state index in [9.17, 15) is 19.2 Å². The van der Waals surface area contributed by atoms with Crippen LogP contribution in [-0.2, 0) is 19.1 Å². The molecule has 10 heteroatoms. The number of anilines is 1. The van der Waals surface area contributed by atoms with Gasteiger partial charge in [-0.2, -0.15) is 0 Å². The summed E-state index contributed by atoms with van der Waals surface area (Å²) in [4.78, 5) is 47.7. The van der Waals surface area contributed by atoms with E-state index in [1.165, 1.54) is 29.8 Å². The number of amides is 3. The van der Waals surface area contributed by atoms with Crippen LogP contribution in [0.3, 0.4) is 0 Å². The Morgan fingerprint density at radius 1 is 0.757 bits per heavy atom. The monoisotopic (exact) mass is 523 g/mol. The van der Waals surface area contributed by atoms with Gasteiger partial charge in [0.2, 0.25) is 5.91 Å². The second-order valence-corrected chi connectivity index (χ2v) is 8.53. The van der Waals surface area contributed by atoms with E-state index in [-0.39, 0.29) is 24.3 Å². The van der Waals surface area contributed by atoms with Crippen molar-refractivity contribution in [1.82, 2.24) is 10.9 Å². The molecule has 3 aromatic rings. The minimum atomic E-state index is -0.733. The molecule has 0 radical (unpaired) electrons. The van der Waals surface area contributed by atoms with Crippen molar-refractivity contribution in [2.45, 2.75) is 26.7 Å². The summed E-state index contributed by atoms with van der Waals surface area (Å²) in [6, 6.07) is 18.7. The van der Waals surface area contributed by atoms with E-state index in [1.54, 1.807) is 24.3 Å². The highest BCUT2D eigenvalue weighted by Crippen LogP contribution is 2.25. The molecule has 0 saturated heterocycles. The van der Waals surface area contributed by atoms with Crippen molar-refractivity contribution in [3.05, 3.63) is 88.4 Å². The van der Waals surface area contributed by atoms with Gasteiger partial charge in [-0.1, -0.05) is 17.7 Å². The van der Waals surface area contributed by atoms with Crippen LogP contribution in [0.5, 0.6) is 11.5 Å². The highest BCUT2D eigenvalue weighted by atomic mass is 35.5. The quantitative estimate of drug-likeness (QED) is 0.281. The second-order valence-electron chi connectivity index (χ2n) is 8.09. The van der Waals surface area contributed by atoms with Gasteiger partial charge in [0.05, 0.1) is 6.42 Å². The van der Waals surface area contributed by atoms with Crippen molar-refractivity contribution in [3.8, 4) is 11.5 Å². The van der Waals surface area contributed by atoms with Gasteiger partial charge in [0.1, 0.15) is 11.5 Å². The molecule has 0 fully saturated rings. The number of hydrogen-bond acceptors (Lipinski definition) is 6. The van der Waals surface area contributed by atoms with Crippen molar-refractivity contribution in [3.63, 3.8) is 0 Å². The maximum absolute atomic E-state index is 12.1. The van der Waals surface area contributed by atoms with Crippen LogP contribution in [0, 0.1) is 13.8 Å². The molecular formula is C27H26ClN3O6. The molecule has 37 heavy (non-hydrogen) atoms. The van der Waals surface area contributed by atoms with Gasteiger partial charge >= 0.3 is 5.97 Å². The predicted molar refractivity (Wildman–Crippen MR) is 138 cm³/mol. The summed E-state index contributed by atoms with van der Waals surface area (Å²) in [7, 11) is 0. The molecule has 0 unspecified atom stereocenters. The molecule has 3 amide bonds. The number of rotatable bonds is 9. The lowest BCUT2D eigenvalue weighted by Gasteiger charge is -2.10. The van der Waals surface area contributed by atoms with Gasteiger partial charge in [-0.25, -0.2) is 0 Å². The SMILES string of the molecule is Cc1ccc(Oc2ccc(NC(=O)CCC(=O)OCC(=O)NNC(=O)c3ccc(Cl)cc3)cc2)cc1C. The summed E-state index contributed by atoms with van der Waals surface area (Å²) in [5.41, 5.74) is 7.47. The maximum Gasteiger partial charge on any atom is 0.306 e. The average Bonchev–Trinajstić information content (AvgIpc) is 2.88.